The number of hydrogen-bond acceptors (Lipinski definition) is 4. The van der Waals surface area contributed by atoms with Gasteiger partial charge in [0.1, 0.15) is 5.60 Å². The minimum absolute atomic E-state index is 0.0398. The molecule has 1 N–H and O–H groups in total. The zero-order chi connectivity index (χ0) is 17.2. The summed E-state index contributed by atoms with van der Waals surface area (Å²) in [5.74, 6) is -2.21. The van der Waals surface area contributed by atoms with Crippen LogP contribution in [-0.2, 0) is 14.3 Å². The van der Waals surface area contributed by atoms with Crippen LogP contribution in [0.15, 0.2) is 0 Å². The number of ether oxygens (including phenoxy) is 1. The molecular weight excluding hydrogens is 300 g/mol. The Morgan fingerprint density at radius 1 is 1.00 bits per heavy atom. The van der Waals surface area contributed by atoms with Gasteiger partial charge in [-0.3, -0.25) is 9.59 Å². The molecule has 0 saturated carbocycles. The Balaban J connectivity index is 2.09. The van der Waals surface area contributed by atoms with E-state index in [4.69, 9.17) is 4.74 Å². The van der Waals surface area contributed by atoms with E-state index in [1.807, 2.05) is 0 Å². The molecule has 2 fully saturated rings. The van der Waals surface area contributed by atoms with Gasteiger partial charge in [0, 0.05) is 26.2 Å². The van der Waals surface area contributed by atoms with Crippen molar-refractivity contribution in [2.45, 2.75) is 45.6 Å². The number of carboxylic acid groups (broad SMARTS) is 1. The standard InChI is InChI=1S/C16H26N2O5/c1-16(2,3)23-15(22)18-9-11(8-12(10-18)14(20)21)13(19)17-6-4-5-7-17/h11-12H,4-10H2,1-3H3,(H,20,21)/t11-,12+/m1/s1. The second kappa shape index (κ2) is 6.76. The lowest BCUT2D eigenvalue weighted by molar-refractivity contribution is -0.146. The summed E-state index contributed by atoms with van der Waals surface area (Å²) in [6.07, 6.45) is 1.69. The van der Waals surface area contributed by atoms with Crippen molar-refractivity contribution in [1.29, 1.82) is 0 Å². The summed E-state index contributed by atoms with van der Waals surface area (Å²) in [6.45, 7) is 7.05. The van der Waals surface area contributed by atoms with Gasteiger partial charge in [-0.15, -0.1) is 0 Å². The predicted octanol–water partition coefficient (Wildman–Crippen LogP) is 1.57. The molecule has 0 spiro atoms. The second-order valence-corrected chi connectivity index (χ2v) is 7.39. The first-order valence-electron chi connectivity index (χ1n) is 8.17. The van der Waals surface area contributed by atoms with Crippen LogP contribution in [0.5, 0.6) is 0 Å². The van der Waals surface area contributed by atoms with Gasteiger partial charge in [0.2, 0.25) is 5.91 Å². The van der Waals surface area contributed by atoms with Gasteiger partial charge < -0.3 is 19.6 Å². The molecule has 0 aromatic carbocycles. The fraction of sp³-hybridized carbons (Fsp3) is 0.812. The van der Waals surface area contributed by atoms with Crippen molar-refractivity contribution in [1.82, 2.24) is 9.80 Å². The first-order valence-corrected chi connectivity index (χ1v) is 8.17. The number of rotatable bonds is 2. The van der Waals surface area contributed by atoms with E-state index in [2.05, 4.69) is 0 Å². The van der Waals surface area contributed by atoms with E-state index < -0.39 is 29.5 Å². The maximum absolute atomic E-state index is 12.6. The van der Waals surface area contributed by atoms with Crippen LogP contribution in [0.4, 0.5) is 4.79 Å². The number of piperidine rings is 1. The minimum Gasteiger partial charge on any atom is -0.481 e. The summed E-state index contributed by atoms with van der Waals surface area (Å²) in [6, 6.07) is 0. The second-order valence-electron chi connectivity index (χ2n) is 7.39. The molecule has 0 aromatic heterocycles. The summed E-state index contributed by atoms with van der Waals surface area (Å²) in [4.78, 5) is 39.4. The fourth-order valence-corrected chi connectivity index (χ4v) is 3.13. The Morgan fingerprint density at radius 3 is 2.09 bits per heavy atom. The van der Waals surface area contributed by atoms with Gasteiger partial charge in [-0.2, -0.15) is 0 Å². The fourth-order valence-electron chi connectivity index (χ4n) is 3.13. The molecule has 130 valence electrons. The van der Waals surface area contributed by atoms with Crippen LogP contribution in [0, 0.1) is 11.8 Å². The van der Waals surface area contributed by atoms with E-state index >= 15 is 0 Å². The average molecular weight is 326 g/mol. The lowest BCUT2D eigenvalue weighted by atomic mass is 9.88. The summed E-state index contributed by atoms with van der Waals surface area (Å²) in [5, 5.41) is 9.33. The van der Waals surface area contributed by atoms with Crippen LogP contribution >= 0.6 is 0 Å². The number of carbonyl (C=O) groups is 3. The van der Waals surface area contributed by atoms with Gasteiger partial charge in [-0.25, -0.2) is 4.79 Å². The van der Waals surface area contributed by atoms with Gasteiger partial charge in [-0.1, -0.05) is 0 Å². The number of hydrogen-bond donors (Lipinski definition) is 1. The Labute approximate surface area is 136 Å². The van der Waals surface area contributed by atoms with E-state index in [0.29, 0.717) is 0 Å². The topological polar surface area (TPSA) is 87.1 Å². The molecule has 0 aliphatic carbocycles. The molecule has 7 heteroatoms. The van der Waals surface area contributed by atoms with E-state index in [1.165, 1.54) is 4.90 Å². The summed E-state index contributed by atoms with van der Waals surface area (Å²) >= 11 is 0. The largest absolute Gasteiger partial charge is 0.481 e. The quantitative estimate of drug-likeness (QED) is 0.832. The van der Waals surface area contributed by atoms with E-state index in [0.717, 1.165) is 25.9 Å². The van der Waals surface area contributed by atoms with Crippen molar-refractivity contribution in [3.05, 3.63) is 0 Å². The van der Waals surface area contributed by atoms with Crippen molar-refractivity contribution in [2.24, 2.45) is 11.8 Å². The lowest BCUT2D eigenvalue weighted by Crippen LogP contribution is -2.51. The highest BCUT2D eigenvalue weighted by atomic mass is 16.6. The van der Waals surface area contributed by atoms with Crippen LogP contribution in [0.3, 0.4) is 0 Å². The van der Waals surface area contributed by atoms with Crippen molar-refractivity contribution >= 4 is 18.0 Å². The maximum atomic E-state index is 12.6. The van der Waals surface area contributed by atoms with Crippen molar-refractivity contribution < 1.29 is 24.2 Å². The monoisotopic (exact) mass is 326 g/mol. The molecule has 0 aromatic rings. The smallest absolute Gasteiger partial charge is 0.410 e. The maximum Gasteiger partial charge on any atom is 0.410 e. The molecular formula is C16H26N2O5. The zero-order valence-corrected chi connectivity index (χ0v) is 14.1. The molecule has 2 aliphatic heterocycles. The van der Waals surface area contributed by atoms with Crippen molar-refractivity contribution in [3.8, 4) is 0 Å². The molecule has 0 radical (unpaired) electrons. The van der Waals surface area contributed by atoms with E-state index in [1.54, 1.807) is 25.7 Å². The number of likely N-dealkylation sites (tertiary alicyclic amines) is 2. The van der Waals surface area contributed by atoms with Crippen LogP contribution in [0.1, 0.15) is 40.0 Å². The van der Waals surface area contributed by atoms with Gasteiger partial charge in [-0.05, 0) is 40.0 Å². The summed E-state index contributed by atoms with van der Waals surface area (Å²) in [5.41, 5.74) is -0.651. The third kappa shape index (κ3) is 4.59. The number of carboxylic acids is 1. The van der Waals surface area contributed by atoms with Crippen molar-refractivity contribution in [3.63, 3.8) is 0 Å². The van der Waals surface area contributed by atoms with Crippen LogP contribution in [0.25, 0.3) is 0 Å². The van der Waals surface area contributed by atoms with E-state index in [9.17, 15) is 19.5 Å². The third-order valence-electron chi connectivity index (χ3n) is 4.22. The Bertz CT molecular complexity index is 479. The third-order valence-corrected chi connectivity index (χ3v) is 4.22. The van der Waals surface area contributed by atoms with Gasteiger partial charge in [0.15, 0.2) is 0 Å². The summed E-state index contributed by atoms with van der Waals surface area (Å²) in [7, 11) is 0. The molecule has 0 bridgehead atoms. The highest BCUT2D eigenvalue weighted by molar-refractivity contribution is 5.82. The molecule has 23 heavy (non-hydrogen) atoms. The van der Waals surface area contributed by atoms with Gasteiger partial charge >= 0.3 is 12.1 Å². The number of carbonyl (C=O) groups excluding carboxylic acids is 2. The summed E-state index contributed by atoms with van der Waals surface area (Å²) < 4.78 is 5.33. The normalized spacial score (nSPS) is 25.3. The molecule has 2 rings (SSSR count). The molecule has 2 amide bonds. The first-order chi connectivity index (χ1) is 10.7. The molecule has 2 heterocycles. The lowest BCUT2D eigenvalue weighted by Gasteiger charge is -2.37. The zero-order valence-electron chi connectivity index (χ0n) is 14.1. The highest BCUT2D eigenvalue weighted by Crippen LogP contribution is 2.26. The number of aliphatic carboxylic acids is 1. The minimum atomic E-state index is -0.975. The molecule has 0 unspecified atom stereocenters. The Morgan fingerprint density at radius 2 is 1.57 bits per heavy atom. The highest BCUT2D eigenvalue weighted by Gasteiger charge is 2.40. The molecule has 2 aliphatic rings. The SMILES string of the molecule is CC(C)(C)OC(=O)N1C[C@@H](C(=O)O)C[C@@H](C(=O)N2CCCC2)C1. The van der Waals surface area contributed by atoms with Gasteiger partial charge in [0.05, 0.1) is 11.8 Å². The van der Waals surface area contributed by atoms with Gasteiger partial charge in [0.25, 0.3) is 0 Å². The van der Waals surface area contributed by atoms with Crippen LogP contribution < -0.4 is 0 Å². The first kappa shape index (κ1) is 17.6. The van der Waals surface area contributed by atoms with Crippen LogP contribution in [0.2, 0.25) is 0 Å². The Kier molecular flexibility index (Phi) is 5.16. The number of amides is 2. The van der Waals surface area contributed by atoms with Crippen molar-refractivity contribution in [2.75, 3.05) is 26.2 Å². The Hall–Kier alpha value is -1.79. The van der Waals surface area contributed by atoms with Crippen LogP contribution in [-0.4, -0.2) is 64.7 Å². The number of nitrogens with zero attached hydrogens (tertiary/aromatic N) is 2. The average Bonchev–Trinajstić information content (AvgIpc) is 2.98. The van der Waals surface area contributed by atoms with E-state index in [-0.39, 0.29) is 25.4 Å². The molecule has 2 saturated heterocycles. The molecule has 2 atom stereocenters. The molecule has 7 nitrogen and oxygen atoms in total. The predicted molar refractivity (Wildman–Crippen MR) is 82.9 cm³/mol.